The second kappa shape index (κ2) is 6.45. The largest absolute Gasteiger partial charge is 0.324 e. The van der Waals surface area contributed by atoms with E-state index < -0.39 is 11.6 Å². The monoisotopic (exact) mass is 305 g/mol. The van der Waals surface area contributed by atoms with Crippen molar-refractivity contribution in [3.8, 4) is 0 Å². The maximum Gasteiger partial charge on any atom is 0.173 e. The normalized spacial score (nSPS) is 13.1. The molecule has 4 heteroatoms. The van der Waals surface area contributed by atoms with Crippen LogP contribution in [0.1, 0.15) is 44.7 Å². The average Bonchev–Trinajstić information content (AvgIpc) is 2.32. The van der Waals surface area contributed by atoms with Crippen molar-refractivity contribution in [1.82, 2.24) is 0 Å². The number of hydrogen-bond acceptors (Lipinski definition) is 1. The fraction of sp³-hybridized carbons (Fsp3) is 0.538. The molecule has 1 nitrogen and oxygen atoms in total. The molecule has 17 heavy (non-hydrogen) atoms. The summed E-state index contributed by atoms with van der Waals surface area (Å²) >= 11 is 3.07. The third-order valence-corrected chi connectivity index (χ3v) is 4.01. The SMILES string of the molecule is CCC(CC)CC(N)c1ccc(F)c(F)c1Br. The van der Waals surface area contributed by atoms with Gasteiger partial charge in [-0.2, -0.15) is 0 Å². The van der Waals surface area contributed by atoms with Gasteiger partial charge in [0.15, 0.2) is 11.6 Å². The first kappa shape index (κ1) is 14.6. The van der Waals surface area contributed by atoms with E-state index in [2.05, 4.69) is 29.8 Å². The Kier molecular flexibility index (Phi) is 5.53. The zero-order chi connectivity index (χ0) is 13.0. The van der Waals surface area contributed by atoms with E-state index in [-0.39, 0.29) is 10.5 Å². The predicted octanol–water partition coefficient (Wildman–Crippen LogP) is 4.55. The topological polar surface area (TPSA) is 26.0 Å². The van der Waals surface area contributed by atoms with Gasteiger partial charge in [0, 0.05) is 6.04 Å². The number of benzene rings is 1. The van der Waals surface area contributed by atoms with Crippen molar-refractivity contribution in [2.24, 2.45) is 11.7 Å². The fourth-order valence-corrected chi connectivity index (χ4v) is 2.55. The molecule has 0 aromatic heterocycles. The summed E-state index contributed by atoms with van der Waals surface area (Å²) in [5.74, 6) is -1.19. The molecule has 0 saturated heterocycles. The number of hydrogen-bond donors (Lipinski definition) is 1. The molecule has 0 aliphatic carbocycles. The maximum absolute atomic E-state index is 13.4. The second-order valence-corrected chi connectivity index (χ2v) is 5.08. The first-order valence-electron chi connectivity index (χ1n) is 5.90. The highest BCUT2D eigenvalue weighted by Crippen LogP contribution is 2.31. The van der Waals surface area contributed by atoms with Crippen molar-refractivity contribution in [3.63, 3.8) is 0 Å². The lowest BCUT2D eigenvalue weighted by Crippen LogP contribution is -2.16. The molecule has 2 N–H and O–H groups in total. The van der Waals surface area contributed by atoms with Gasteiger partial charge in [-0.25, -0.2) is 8.78 Å². The van der Waals surface area contributed by atoms with Gasteiger partial charge in [0.2, 0.25) is 0 Å². The second-order valence-electron chi connectivity index (χ2n) is 4.29. The number of rotatable bonds is 5. The molecule has 96 valence electrons. The Hall–Kier alpha value is -0.480. The lowest BCUT2D eigenvalue weighted by Gasteiger charge is -2.19. The molecular formula is C13H18BrF2N. The Morgan fingerprint density at radius 3 is 2.35 bits per heavy atom. The van der Waals surface area contributed by atoms with Gasteiger partial charge in [-0.1, -0.05) is 32.8 Å². The molecule has 0 bridgehead atoms. The van der Waals surface area contributed by atoms with E-state index in [0.717, 1.165) is 25.3 Å². The molecule has 0 fully saturated rings. The van der Waals surface area contributed by atoms with E-state index >= 15 is 0 Å². The van der Waals surface area contributed by atoms with Crippen LogP contribution in [0, 0.1) is 17.6 Å². The summed E-state index contributed by atoms with van der Waals surface area (Å²) < 4.78 is 26.5. The maximum atomic E-state index is 13.4. The average molecular weight is 306 g/mol. The van der Waals surface area contributed by atoms with Gasteiger partial charge in [0.05, 0.1) is 4.47 Å². The van der Waals surface area contributed by atoms with Crippen molar-refractivity contribution >= 4 is 15.9 Å². The Labute approximate surface area is 110 Å². The van der Waals surface area contributed by atoms with Crippen LogP contribution in [0.25, 0.3) is 0 Å². The van der Waals surface area contributed by atoms with Crippen LogP contribution in [0.3, 0.4) is 0 Å². The van der Waals surface area contributed by atoms with Gasteiger partial charge < -0.3 is 5.73 Å². The van der Waals surface area contributed by atoms with Crippen LogP contribution in [0.4, 0.5) is 8.78 Å². The van der Waals surface area contributed by atoms with E-state index in [1.807, 2.05) is 0 Å². The highest BCUT2D eigenvalue weighted by atomic mass is 79.9. The van der Waals surface area contributed by atoms with Crippen LogP contribution in [0.15, 0.2) is 16.6 Å². The van der Waals surface area contributed by atoms with Crippen LogP contribution in [0.2, 0.25) is 0 Å². The van der Waals surface area contributed by atoms with Crippen molar-refractivity contribution in [1.29, 1.82) is 0 Å². The molecule has 0 aliphatic heterocycles. The van der Waals surface area contributed by atoms with Crippen molar-refractivity contribution < 1.29 is 8.78 Å². The zero-order valence-electron chi connectivity index (χ0n) is 10.1. The summed E-state index contributed by atoms with van der Waals surface area (Å²) in [7, 11) is 0. The molecule has 1 atom stereocenters. The first-order valence-corrected chi connectivity index (χ1v) is 6.69. The minimum atomic E-state index is -0.859. The van der Waals surface area contributed by atoms with Gasteiger partial charge >= 0.3 is 0 Å². The fourth-order valence-electron chi connectivity index (χ4n) is 1.94. The summed E-state index contributed by atoms with van der Waals surface area (Å²) in [6.45, 7) is 4.22. The Morgan fingerprint density at radius 2 is 1.82 bits per heavy atom. The van der Waals surface area contributed by atoms with Gasteiger partial charge in [-0.15, -0.1) is 0 Å². The van der Waals surface area contributed by atoms with Gasteiger partial charge in [0.1, 0.15) is 0 Å². The van der Waals surface area contributed by atoms with Crippen LogP contribution < -0.4 is 5.73 Å². The molecule has 1 rings (SSSR count). The van der Waals surface area contributed by atoms with Gasteiger partial charge in [-0.3, -0.25) is 0 Å². The smallest absolute Gasteiger partial charge is 0.173 e. The third kappa shape index (κ3) is 3.49. The van der Waals surface area contributed by atoms with Crippen LogP contribution >= 0.6 is 15.9 Å². The highest BCUT2D eigenvalue weighted by Gasteiger charge is 2.18. The molecule has 0 saturated carbocycles. The Bertz CT molecular complexity index is 378. The summed E-state index contributed by atoms with van der Waals surface area (Å²) in [5, 5.41) is 0. The molecule has 0 radical (unpaired) electrons. The van der Waals surface area contributed by atoms with Gasteiger partial charge in [-0.05, 0) is 39.9 Å². The lowest BCUT2D eigenvalue weighted by atomic mass is 9.91. The summed E-state index contributed by atoms with van der Waals surface area (Å²) in [4.78, 5) is 0. The zero-order valence-corrected chi connectivity index (χ0v) is 11.7. The quantitative estimate of drug-likeness (QED) is 0.793. The molecule has 0 spiro atoms. The van der Waals surface area contributed by atoms with Crippen molar-refractivity contribution in [3.05, 3.63) is 33.8 Å². The third-order valence-electron chi connectivity index (χ3n) is 3.21. The lowest BCUT2D eigenvalue weighted by molar-refractivity contribution is 0.411. The van der Waals surface area contributed by atoms with E-state index in [0.29, 0.717) is 11.5 Å². The molecule has 1 aromatic rings. The van der Waals surface area contributed by atoms with E-state index in [1.54, 1.807) is 6.07 Å². The van der Waals surface area contributed by atoms with Crippen LogP contribution in [-0.4, -0.2) is 0 Å². The summed E-state index contributed by atoms with van der Waals surface area (Å²) in [5.41, 5.74) is 6.68. The predicted molar refractivity (Wildman–Crippen MR) is 69.7 cm³/mol. The minimum Gasteiger partial charge on any atom is -0.324 e. The number of halogens is 3. The summed E-state index contributed by atoms with van der Waals surface area (Å²) in [6, 6.07) is 2.42. The Morgan fingerprint density at radius 1 is 1.24 bits per heavy atom. The van der Waals surface area contributed by atoms with E-state index in [9.17, 15) is 8.78 Å². The molecule has 1 unspecified atom stereocenters. The molecule has 0 aliphatic rings. The molecule has 1 aromatic carbocycles. The molecular weight excluding hydrogens is 288 g/mol. The Balaban J connectivity index is 2.89. The molecule has 0 heterocycles. The first-order chi connectivity index (χ1) is 8.01. The van der Waals surface area contributed by atoms with Gasteiger partial charge in [0.25, 0.3) is 0 Å². The van der Waals surface area contributed by atoms with Crippen molar-refractivity contribution in [2.45, 2.75) is 39.2 Å². The van der Waals surface area contributed by atoms with Crippen LogP contribution in [0.5, 0.6) is 0 Å². The minimum absolute atomic E-state index is 0.149. The summed E-state index contributed by atoms with van der Waals surface area (Å²) in [6.07, 6.45) is 2.88. The molecule has 0 amide bonds. The van der Waals surface area contributed by atoms with Crippen LogP contribution in [-0.2, 0) is 0 Å². The number of nitrogens with two attached hydrogens (primary N) is 1. The van der Waals surface area contributed by atoms with E-state index in [1.165, 1.54) is 0 Å². The standard InChI is InChI=1S/C13H18BrF2N/c1-3-8(4-2)7-11(17)9-5-6-10(15)13(16)12(9)14/h5-6,8,11H,3-4,7,17H2,1-2H3. The van der Waals surface area contributed by atoms with Crippen molar-refractivity contribution in [2.75, 3.05) is 0 Å². The highest BCUT2D eigenvalue weighted by molar-refractivity contribution is 9.10. The van der Waals surface area contributed by atoms with E-state index in [4.69, 9.17) is 5.73 Å².